The Bertz CT molecular complexity index is 1440. The highest BCUT2D eigenvalue weighted by atomic mass is 16.5. The fourth-order valence-corrected chi connectivity index (χ4v) is 4.74. The molecule has 1 aromatic heterocycles. The molecule has 0 spiro atoms. The molecule has 2 heterocycles. The van der Waals surface area contributed by atoms with E-state index in [1.54, 1.807) is 35.1 Å². The van der Waals surface area contributed by atoms with Crippen LogP contribution in [0.3, 0.4) is 0 Å². The summed E-state index contributed by atoms with van der Waals surface area (Å²) in [5.74, 6) is -1.90. The minimum Gasteiger partial charge on any atom is -0.492 e. The van der Waals surface area contributed by atoms with Crippen molar-refractivity contribution in [3.8, 4) is 5.75 Å². The zero-order chi connectivity index (χ0) is 31.6. The van der Waals surface area contributed by atoms with E-state index in [1.165, 1.54) is 6.92 Å². The first-order valence-electron chi connectivity index (χ1n) is 14.6. The van der Waals surface area contributed by atoms with Crippen molar-refractivity contribution >= 4 is 23.6 Å². The van der Waals surface area contributed by atoms with E-state index in [1.807, 2.05) is 44.2 Å². The van der Waals surface area contributed by atoms with Crippen molar-refractivity contribution in [2.45, 2.75) is 70.9 Å². The Labute approximate surface area is 255 Å². The zero-order valence-corrected chi connectivity index (χ0v) is 25.0. The third-order valence-electron chi connectivity index (χ3n) is 7.02. The molecule has 44 heavy (non-hydrogen) atoms. The number of fused-ring (bicyclic) bond motifs is 4. The van der Waals surface area contributed by atoms with Gasteiger partial charge < -0.3 is 31.1 Å². The van der Waals surface area contributed by atoms with Gasteiger partial charge in [0.05, 0.1) is 25.4 Å². The van der Waals surface area contributed by atoms with Crippen molar-refractivity contribution in [2.24, 2.45) is 5.92 Å². The smallest absolute Gasteiger partial charge is 0.252 e. The van der Waals surface area contributed by atoms with E-state index >= 15 is 0 Å². The highest BCUT2D eigenvalue weighted by molar-refractivity contribution is 5.99. The van der Waals surface area contributed by atoms with Gasteiger partial charge in [-0.1, -0.05) is 55.5 Å². The van der Waals surface area contributed by atoms with Gasteiger partial charge in [0.25, 0.3) is 5.91 Å². The summed E-state index contributed by atoms with van der Waals surface area (Å²) in [6.45, 7) is 5.83. The Morgan fingerprint density at radius 1 is 0.932 bits per heavy atom. The summed E-state index contributed by atoms with van der Waals surface area (Å²) in [5, 5.41) is 29.5. The second kappa shape index (κ2) is 15.1. The van der Waals surface area contributed by atoms with Crippen molar-refractivity contribution < 1.29 is 29.0 Å². The Kier molecular flexibility index (Phi) is 11.0. The molecule has 4 amide bonds. The maximum atomic E-state index is 13.5. The minimum absolute atomic E-state index is 0.0186. The minimum atomic E-state index is -1.40. The number of benzene rings is 2. The molecular formula is C31H39N7O6. The van der Waals surface area contributed by atoms with Crippen molar-refractivity contribution in [3.63, 3.8) is 0 Å². The molecule has 1 aliphatic rings. The maximum absolute atomic E-state index is 13.5. The standard InChI is InChI=1S/C31H39N7O6/c1-19(2)14-25-30(42)35-27(20(3)39)31(43)34-26(15-21-8-5-4-6-9-21)29(41)32-17-23-18-38(37-36-23)12-13-44-24-11-7-10-22(16-24)28(40)33-25/h4-11,16,18-20,25-27,39H,12-15,17H2,1-3H3,(H,32,41)(H,33,40)(H,34,43)(H,35,42)/t20-,25+,26+,27+/m1/s1. The lowest BCUT2D eigenvalue weighted by atomic mass is 10.0. The van der Waals surface area contributed by atoms with E-state index in [-0.39, 0.29) is 37.5 Å². The van der Waals surface area contributed by atoms with Gasteiger partial charge in [-0.05, 0) is 43.0 Å². The maximum Gasteiger partial charge on any atom is 0.252 e. The number of aromatic nitrogens is 3. The molecule has 0 unspecified atom stereocenters. The van der Waals surface area contributed by atoms with Gasteiger partial charge in [-0.25, -0.2) is 4.68 Å². The number of hydrogen-bond acceptors (Lipinski definition) is 8. The quantitative estimate of drug-likeness (QED) is 0.283. The third-order valence-corrected chi connectivity index (χ3v) is 7.02. The number of aliphatic hydroxyl groups is 1. The first-order valence-corrected chi connectivity index (χ1v) is 14.6. The van der Waals surface area contributed by atoms with Crippen LogP contribution in [0.1, 0.15) is 48.8 Å². The van der Waals surface area contributed by atoms with Gasteiger partial charge in [0.15, 0.2) is 0 Å². The molecule has 0 saturated heterocycles. The summed E-state index contributed by atoms with van der Waals surface area (Å²) < 4.78 is 7.40. The van der Waals surface area contributed by atoms with Crippen molar-refractivity contribution in [3.05, 3.63) is 77.6 Å². The van der Waals surface area contributed by atoms with Gasteiger partial charge in [0.2, 0.25) is 17.7 Å². The monoisotopic (exact) mass is 605 g/mol. The van der Waals surface area contributed by atoms with Crippen LogP contribution in [0.2, 0.25) is 0 Å². The second-order valence-corrected chi connectivity index (χ2v) is 11.2. The van der Waals surface area contributed by atoms with Crippen LogP contribution in [0.25, 0.3) is 0 Å². The topological polar surface area (TPSA) is 177 Å². The molecule has 0 saturated carbocycles. The van der Waals surface area contributed by atoms with Gasteiger partial charge in [-0.3, -0.25) is 19.2 Å². The summed E-state index contributed by atoms with van der Waals surface area (Å²) in [6, 6.07) is 12.3. The van der Waals surface area contributed by atoms with E-state index < -0.39 is 47.9 Å². The van der Waals surface area contributed by atoms with Crippen LogP contribution in [-0.2, 0) is 33.9 Å². The Hall–Kier alpha value is -4.78. The van der Waals surface area contributed by atoms with E-state index in [0.29, 0.717) is 18.0 Å². The van der Waals surface area contributed by atoms with E-state index in [9.17, 15) is 24.3 Å². The molecule has 13 nitrogen and oxygen atoms in total. The molecule has 2 aromatic carbocycles. The van der Waals surface area contributed by atoms with Gasteiger partial charge in [0.1, 0.15) is 36.2 Å². The fourth-order valence-electron chi connectivity index (χ4n) is 4.74. The molecule has 0 radical (unpaired) electrons. The highest BCUT2D eigenvalue weighted by Gasteiger charge is 2.33. The van der Waals surface area contributed by atoms with Gasteiger partial charge in [0, 0.05) is 12.0 Å². The third kappa shape index (κ3) is 9.11. The van der Waals surface area contributed by atoms with Crippen LogP contribution in [0.15, 0.2) is 60.8 Å². The first-order chi connectivity index (χ1) is 21.1. The zero-order valence-electron chi connectivity index (χ0n) is 25.0. The van der Waals surface area contributed by atoms with Crippen molar-refractivity contribution in [2.75, 3.05) is 6.61 Å². The van der Waals surface area contributed by atoms with E-state index in [4.69, 9.17) is 4.74 Å². The molecule has 4 rings (SSSR count). The van der Waals surface area contributed by atoms with E-state index in [2.05, 4.69) is 31.6 Å². The Morgan fingerprint density at radius 3 is 2.43 bits per heavy atom. The normalized spacial score (nSPS) is 21.2. The lowest BCUT2D eigenvalue weighted by molar-refractivity contribution is -0.135. The molecule has 5 N–H and O–H groups in total. The summed E-state index contributed by atoms with van der Waals surface area (Å²) in [4.78, 5) is 53.5. The Balaban J connectivity index is 1.63. The Morgan fingerprint density at radius 2 is 1.70 bits per heavy atom. The predicted molar refractivity (Wildman–Crippen MR) is 160 cm³/mol. The van der Waals surface area contributed by atoms with Crippen LogP contribution < -0.4 is 26.0 Å². The number of nitrogens with zero attached hydrogens (tertiary/aromatic N) is 3. The summed E-state index contributed by atoms with van der Waals surface area (Å²) >= 11 is 0. The number of rotatable bonds is 5. The van der Waals surface area contributed by atoms with Gasteiger partial charge in [-0.15, -0.1) is 5.10 Å². The molecule has 4 atom stereocenters. The number of carbonyl (C=O) groups is 4. The van der Waals surface area contributed by atoms with Crippen LogP contribution in [0.5, 0.6) is 5.75 Å². The summed E-state index contributed by atoms with van der Waals surface area (Å²) in [7, 11) is 0. The number of hydrogen-bond donors (Lipinski definition) is 5. The molecule has 0 fully saturated rings. The van der Waals surface area contributed by atoms with Gasteiger partial charge >= 0.3 is 0 Å². The van der Waals surface area contributed by atoms with E-state index in [0.717, 1.165) is 5.56 Å². The molecular weight excluding hydrogens is 566 g/mol. The number of ether oxygens (including phenoxy) is 1. The fraction of sp³-hybridized carbons (Fsp3) is 0.419. The lowest BCUT2D eigenvalue weighted by Gasteiger charge is -2.27. The average Bonchev–Trinajstić information content (AvgIpc) is 3.45. The first kappa shape index (κ1) is 32.1. The van der Waals surface area contributed by atoms with Crippen molar-refractivity contribution in [1.82, 2.24) is 36.3 Å². The molecule has 3 aromatic rings. The number of nitrogens with one attached hydrogen (secondary N) is 4. The summed E-state index contributed by atoms with van der Waals surface area (Å²) in [5.41, 5.74) is 1.58. The summed E-state index contributed by atoms with van der Waals surface area (Å²) in [6.07, 6.45) is 0.809. The average molecular weight is 606 g/mol. The largest absolute Gasteiger partial charge is 0.492 e. The number of amides is 4. The predicted octanol–water partition coefficient (Wildman–Crippen LogP) is 0.725. The van der Waals surface area contributed by atoms with Crippen LogP contribution in [0, 0.1) is 5.92 Å². The van der Waals surface area contributed by atoms with Gasteiger partial charge in [-0.2, -0.15) is 0 Å². The number of aliphatic hydroxyl groups excluding tert-OH is 1. The second-order valence-electron chi connectivity index (χ2n) is 11.2. The SMILES string of the molecule is CC(C)C[C@@H]1NC(=O)c2cccc(c2)OCCn2cc(nn2)CNC(=O)[C@H](Cc2ccccc2)NC(=O)[C@H]([C@@H](C)O)NC1=O. The molecule has 13 heteroatoms. The van der Waals surface area contributed by atoms with Crippen LogP contribution in [-0.4, -0.2) is 74.6 Å². The van der Waals surface area contributed by atoms with Crippen molar-refractivity contribution in [1.29, 1.82) is 0 Å². The molecule has 1 aliphatic heterocycles. The highest BCUT2D eigenvalue weighted by Crippen LogP contribution is 2.15. The molecule has 4 bridgehead atoms. The van der Waals surface area contributed by atoms with Crippen LogP contribution >= 0.6 is 0 Å². The number of carbonyl (C=O) groups excluding carboxylic acids is 4. The van der Waals surface area contributed by atoms with Crippen LogP contribution in [0.4, 0.5) is 0 Å². The molecule has 234 valence electrons. The molecule has 0 aliphatic carbocycles. The lowest BCUT2D eigenvalue weighted by Crippen LogP contribution is -2.60.